The van der Waals surface area contributed by atoms with Crippen LogP contribution in [0.2, 0.25) is 0 Å². The average Bonchev–Trinajstić information content (AvgIpc) is 2.83. The summed E-state index contributed by atoms with van der Waals surface area (Å²) in [5, 5.41) is 13.2. The van der Waals surface area contributed by atoms with Gasteiger partial charge >= 0.3 is 5.97 Å². The minimum atomic E-state index is -1.10. The zero-order valence-corrected chi connectivity index (χ0v) is 12.2. The van der Waals surface area contributed by atoms with E-state index in [2.05, 4.69) is 23.9 Å². The highest BCUT2D eigenvalue weighted by Crippen LogP contribution is 2.25. The van der Waals surface area contributed by atoms with Crippen LogP contribution in [-0.4, -0.2) is 25.8 Å². The van der Waals surface area contributed by atoms with Gasteiger partial charge in [-0.1, -0.05) is 45.9 Å². The molecule has 106 valence electrons. The molecule has 5 nitrogen and oxygen atoms in total. The molecule has 0 bridgehead atoms. The molecule has 0 fully saturated rings. The number of para-hydroxylation sites is 1. The molecule has 0 aliphatic rings. The molecule has 1 aromatic carbocycles. The standard InChI is InChI=1S/C15H19N3O2/c1-9(2)11-7-5-6-8-12(11)18-14(10(3)4)16-13(17-18)15(19)20/h5-10H,1-4H3,(H,19,20). The number of rotatable bonds is 4. The second-order valence-corrected chi connectivity index (χ2v) is 5.38. The largest absolute Gasteiger partial charge is 0.475 e. The first-order valence-electron chi connectivity index (χ1n) is 6.71. The maximum Gasteiger partial charge on any atom is 0.375 e. The third-order valence-corrected chi connectivity index (χ3v) is 3.13. The number of carboxylic acids is 1. The second-order valence-electron chi connectivity index (χ2n) is 5.38. The molecule has 5 heteroatoms. The van der Waals surface area contributed by atoms with Gasteiger partial charge in [-0.25, -0.2) is 14.5 Å². The summed E-state index contributed by atoms with van der Waals surface area (Å²) >= 11 is 0. The van der Waals surface area contributed by atoms with Gasteiger partial charge in [-0.15, -0.1) is 5.10 Å². The minimum Gasteiger partial charge on any atom is -0.475 e. The quantitative estimate of drug-likeness (QED) is 0.928. The summed E-state index contributed by atoms with van der Waals surface area (Å²) in [7, 11) is 0. The van der Waals surface area contributed by atoms with E-state index < -0.39 is 5.97 Å². The van der Waals surface area contributed by atoms with Crippen molar-refractivity contribution in [3.63, 3.8) is 0 Å². The highest BCUT2D eigenvalue weighted by Gasteiger charge is 2.20. The lowest BCUT2D eigenvalue weighted by Crippen LogP contribution is -2.08. The molecule has 1 aromatic heterocycles. The molecule has 1 heterocycles. The zero-order valence-electron chi connectivity index (χ0n) is 12.2. The molecule has 0 spiro atoms. The van der Waals surface area contributed by atoms with Gasteiger partial charge in [-0.2, -0.15) is 0 Å². The first-order valence-corrected chi connectivity index (χ1v) is 6.71. The lowest BCUT2D eigenvalue weighted by molar-refractivity contribution is 0.0683. The van der Waals surface area contributed by atoms with Crippen molar-refractivity contribution in [3.8, 4) is 5.69 Å². The Morgan fingerprint density at radius 3 is 2.35 bits per heavy atom. The summed E-state index contributed by atoms with van der Waals surface area (Å²) < 4.78 is 1.66. The van der Waals surface area contributed by atoms with Crippen LogP contribution in [0, 0.1) is 0 Å². The van der Waals surface area contributed by atoms with Crippen LogP contribution < -0.4 is 0 Å². The smallest absolute Gasteiger partial charge is 0.375 e. The van der Waals surface area contributed by atoms with E-state index in [1.54, 1.807) is 4.68 Å². The highest BCUT2D eigenvalue weighted by atomic mass is 16.4. The van der Waals surface area contributed by atoms with Gasteiger partial charge < -0.3 is 5.11 Å². The van der Waals surface area contributed by atoms with Crippen LogP contribution in [-0.2, 0) is 0 Å². The maximum absolute atomic E-state index is 11.1. The fourth-order valence-corrected chi connectivity index (χ4v) is 2.13. The Kier molecular flexibility index (Phi) is 3.88. The maximum atomic E-state index is 11.1. The number of aromatic carboxylic acids is 1. The van der Waals surface area contributed by atoms with Gasteiger partial charge in [-0.05, 0) is 17.5 Å². The third-order valence-electron chi connectivity index (χ3n) is 3.13. The predicted molar refractivity (Wildman–Crippen MR) is 76.5 cm³/mol. The van der Waals surface area contributed by atoms with E-state index in [4.69, 9.17) is 5.11 Å². The van der Waals surface area contributed by atoms with Gasteiger partial charge in [0.25, 0.3) is 5.82 Å². The van der Waals surface area contributed by atoms with Crippen LogP contribution >= 0.6 is 0 Å². The van der Waals surface area contributed by atoms with Crippen LogP contribution in [0.15, 0.2) is 24.3 Å². The Hall–Kier alpha value is -2.17. The van der Waals surface area contributed by atoms with Crippen molar-refractivity contribution in [1.29, 1.82) is 0 Å². The summed E-state index contributed by atoms with van der Waals surface area (Å²) in [4.78, 5) is 15.2. The third kappa shape index (κ3) is 2.57. The van der Waals surface area contributed by atoms with Crippen molar-refractivity contribution in [2.24, 2.45) is 0 Å². The zero-order chi connectivity index (χ0) is 14.9. The molecule has 0 saturated heterocycles. The SMILES string of the molecule is CC(C)c1ccccc1-n1nc(C(=O)O)nc1C(C)C. The lowest BCUT2D eigenvalue weighted by Gasteiger charge is -2.15. The molecule has 0 aliphatic carbocycles. The lowest BCUT2D eigenvalue weighted by atomic mass is 10.0. The number of aromatic nitrogens is 3. The van der Waals surface area contributed by atoms with E-state index in [-0.39, 0.29) is 11.7 Å². The molecule has 2 aromatic rings. The van der Waals surface area contributed by atoms with Crippen LogP contribution in [0.5, 0.6) is 0 Å². The Morgan fingerprint density at radius 1 is 1.15 bits per heavy atom. The van der Waals surface area contributed by atoms with Crippen molar-refractivity contribution < 1.29 is 9.90 Å². The molecule has 1 N–H and O–H groups in total. The van der Waals surface area contributed by atoms with Crippen LogP contribution in [0.1, 0.15) is 61.5 Å². The normalized spacial score (nSPS) is 11.3. The molecule has 0 unspecified atom stereocenters. The molecule has 20 heavy (non-hydrogen) atoms. The highest BCUT2D eigenvalue weighted by molar-refractivity contribution is 5.83. The number of carboxylic acid groups (broad SMARTS) is 1. The molecular formula is C15H19N3O2. The first kappa shape index (κ1) is 14.2. The van der Waals surface area contributed by atoms with E-state index in [1.165, 1.54) is 0 Å². The topological polar surface area (TPSA) is 68.0 Å². The molecule has 0 radical (unpaired) electrons. The van der Waals surface area contributed by atoms with E-state index in [1.807, 2.05) is 38.1 Å². The van der Waals surface area contributed by atoms with Crippen molar-refractivity contribution in [2.75, 3.05) is 0 Å². The van der Waals surface area contributed by atoms with Gasteiger partial charge in [0.15, 0.2) is 0 Å². The van der Waals surface area contributed by atoms with Crippen molar-refractivity contribution in [3.05, 3.63) is 41.5 Å². The summed E-state index contributed by atoms with van der Waals surface area (Å²) in [6.07, 6.45) is 0. The van der Waals surface area contributed by atoms with Gasteiger partial charge in [0.1, 0.15) is 5.82 Å². The van der Waals surface area contributed by atoms with Crippen LogP contribution in [0.3, 0.4) is 0 Å². The summed E-state index contributed by atoms with van der Waals surface area (Å²) in [6.45, 7) is 8.15. The Bertz CT molecular complexity index is 630. The second kappa shape index (κ2) is 5.45. The fraction of sp³-hybridized carbons (Fsp3) is 0.400. The Balaban J connectivity index is 2.66. The fourth-order valence-electron chi connectivity index (χ4n) is 2.13. The summed E-state index contributed by atoms with van der Waals surface area (Å²) in [5.74, 6) is -0.185. The van der Waals surface area contributed by atoms with E-state index in [0.29, 0.717) is 11.7 Å². The van der Waals surface area contributed by atoms with Crippen LogP contribution in [0.25, 0.3) is 5.69 Å². The molecule has 0 saturated carbocycles. The number of nitrogens with zero attached hydrogens (tertiary/aromatic N) is 3. The number of carbonyl (C=O) groups is 1. The van der Waals surface area contributed by atoms with Crippen molar-refractivity contribution in [1.82, 2.24) is 14.8 Å². The number of hydrogen-bond acceptors (Lipinski definition) is 3. The number of benzene rings is 1. The van der Waals surface area contributed by atoms with Gasteiger partial charge in [0.05, 0.1) is 5.69 Å². The molecule has 0 atom stereocenters. The van der Waals surface area contributed by atoms with E-state index in [9.17, 15) is 4.79 Å². The molecular weight excluding hydrogens is 254 g/mol. The Morgan fingerprint density at radius 2 is 1.80 bits per heavy atom. The Labute approximate surface area is 118 Å². The van der Waals surface area contributed by atoms with Crippen molar-refractivity contribution >= 4 is 5.97 Å². The van der Waals surface area contributed by atoms with Gasteiger partial charge in [0.2, 0.25) is 0 Å². The molecule has 2 rings (SSSR count). The van der Waals surface area contributed by atoms with E-state index >= 15 is 0 Å². The molecule has 0 amide bonds. The first-order chi connectivity index (χ1) is 9.41. The summed E-state index contributed by atoms with van der Waals surface area (Å²) in [5.41, 5.74) is 2.02. The minimum absolute atomic E-state index is 0.0934. The monoisotopic (exact) mass is 273 g/mol. The van der Waals surface area contributed by atoms with Gasteiger partial charge in [-0.3, -0.25) is 0 Å². The average molecular weight is 273 g/mol. The van der Waals surface area contributed by atoms with Crippen LogP contribution in [0.4, 0.5) is 0 Å². The summed E-state index contributed by atoms with van der Waals surface area (Å²) in [6, 6.07) is 7.88. The molecule has 0 aliphatic heterocycles. The van der Waals surface area contributed by atoms with E-state index in [0.717, 1.165) is 11.3 Å². The predicted octanol–water partition coefficient (Wildman–Crippen LogP) is 3.21. The van der Waals surface area contributed by atoms with Crippen molar-refractivity contribution in [2.45, 2.75) is 39.5 Å². The number of hydrogen-bond donors (Lipinski definition) is 1. The van der Waals surface area contributed by atoms with Gasteiger partial charge in [0, 0.05) is 5.92 Å².